The Morgan fingerprint density at radius 2 is 0.895 bits per heavy atom. The van der Waals surface area contributed by atoms with Gasteiger partial charge >= 0.3 is 0 Å². The Labute approximate surface area is 336 Å². The van der Waals surface area contributed by atoms with Crippen molar-refractivity contribution in [1.29, 1.82) is 0 Å². The molecule has 0 aromatic heterocycles. The highest BCUT2D eigenvalue weighted by atomic mass is 15.2. The number of nitrogens with zero attached hydrogens (tertiary/aromatic N) is 2. The number of anilines is 6. The van der Waals surface area contributed by atoms with Crippen molar-refractivity contribution in [3.8, 4) is 22.3 Å². The van der Waals surface area contributed by atoms with E-state index in [4.69, 9.17) is 0 Å². The lowest BCUT2D eigenvalue weighted by Gasteiger charge is -2.45. The van der Waals surface area contributed by atoms with Crippen molar-refractivity contribution in [1.82, 2.24) is 0 Å². The van der Waals surface area contributed by atoms with E-state index >= 15 is 0 Å². The van der Waals surface area contributed by atoms with Gasteiger partial charge in [0.1, 0.15) is 0 Å². The molecule has 4 aliphatic carbocycles. The normalized spacial score (nSPS) is 18.4. The second-order valence-corrected chi connectivity index (χ2v) is 17.7. The fourth-order valence-corrected chi connectivity index (χ4v) is 13.0. The smallest absolute Gasteiger partial charge is 0.252 e. The molecule has 2 fully saturated rings. The summed E-state index contributed by atoms with van der Waals surface area (Å²) >= 11 is 0. The Bertz CT molecular complexity index is 2770. The van der Waals surface area contributed by atoms with Crippen molar-refractivity contribution in [3.05, 3.63) is 174 Å². The van der Waals surface area contributed by atoms with Crippen LogP contribution < -0.4 is 26.2 Å². The average Bonchev–Trinajstić information content (AvgIpc) is 3.69. The molecule has 13 rings (SSSR count). The van der Waals surface area contributed by atoms with Gasteiger partial charge in [-0.15, -0.1) is 0 Å². The molecule has 0 unspecified atom stereocenters. The highest BCUT2D eigenvalue weighted by Gasteiger charge is 2.52. The van der Waals surface area contributed by atoms with Gasteiger partial charge in [-0.1, -0.05) is 142 Å². The minimum atomic E-state index is 0.0724. The maximum atomic E-state index is 2.69. The van der Waals surface area contributed by atoms with Gasteiger partial charge in [-0.3, -0.25) is 0 Å². The number of rotatable bonds is 2. The van der Waals surface area contributed by atoms with Gasteiger partial charge < -0.3 is 9.80 Å². The fraction of sp³-hybridized carbons (Fsp3) is 0.222. The Kier molecular flexibility index (Phi) is 6.73. The molecular weight excluding hydrogens is 687 g/mol. The molecular formula is C54H45BN2. The first-order valence-electron chi connectivity index (χ1n) is 21.7. The molecule has 2 saturated carbocycles. The molecule has 7 aromatic rings. The van der Waals surface area contributed by atoms with Crippen molar-refractivity contribution >= 4 is 57.2 Å². The van der Waals surface area contributed by atoms with E-state index in [0.29, 0.717) is 0 Å². The summed E-state index contributed by atoms with van der Waals surface area (Å²) in [6, 6.07) is 58.8. The van der Waals surface area contributed by atoms with E-state index in [1.165, 1.54) is 137 Å². The maximum Gasteiger partial charge on any atom is 0.252 e. The molecule has 0 radical (unpaired) electrons. The summed E-state index contributed by atoms with van der Waals surface area (Å²) in [4.78, 5) is 5.21. The van der Waals surface area contributed by atoms with Crippen LogP contribution in [0.4, 0.5) is 34.1 Å². The number of hydrogen-bond acceptors (Lipinski definition) is 2. The molecule has 7 aromatic carbocycles. The summed E-state index contributed by atoms with van der Waals surface area (Å²) in [7, 11) is 0. The number of para-hydroxylation sites is 2. The SMILES string of the molecule is c1ccc(N2c3cc4c(cc3B3c5c2cccc5N(c2ccccc2)c2ccc5c(c23)-c2ccccc2C52CCCCC2)-c2ccccc2C42CCCCC2)cc1. The Hall–Kier alpha value is -5.80. The van der Waals surface area contributed by atoms with Crippen LogP contribution in [0.25, 0.3) is 22.3 Å². The van der Waals surface area contributed by atoms with E-state index in [-0.39, 0.29) is 17.5 Å². The van der Waals surface area contributed by atoms with Gasteiger partial charge in [-0.05, 0) is 135 Å². The van der Waals surface area contributed by atoms with Crippen LogP contribution in [0, 0.1) is 0 Å². The molecule has 57 heavy (non-hydrogen) atoms. The first-order chi connectivity index (χ1) is 28.3. The van der Waals surface area contributed by atoms with E-state index in [2.05, 4.69) is 161 Å². The molecule has 0 bridgehead atoms. The highest BCUT2D eigenvalue weighted by molar-refractivity contribution is 7.01. The van der Waals surface area contributed by atoms with Crippen LogP contribution in [0.15, 0.2) is 152 Å². The highest BCUT2D eigenvalue weighted by Crippen LogP contribution is 2.59. The zero-order valence-electron chi connectivity index (χ0n) is 32.5. The predicted molar refractivity (Wildman–Crippen MR) is 239 cm³/mol. The fourth-order valence-electron chi connectivity index (χ4n) is 13.0. The molecule has 0 amide bonds. The topological polar surface area (TPSA) is 6.48 Å². The van der Waals surface area contributed by atoms with E-state index in [9.17, 15) is 0 Å². The second-order valence-electron chi connectivity index (χ2n) is 17.7. The van der Waals surface area contributed by atoms with E-state index < -0.39 is 0 Å². The summed E-state index contributed by atoms with van der Waals surface area (Å²) in [6.45, 7) is 0.0724. The molecule has 2 heterocycles. The largest absolute Gasteiger partial charge is 0.311 e. The quantitative estimate of drug-likeness (QED) is 0.163. The minimum absolute atomic E-state index is 0.0724. The standard InChI is InChI=1S/C54H45BN2/c1-5-18-36(19-6-1)56-46-26-17-27-47-51(46)55(52-48(56)29-28-43-50(52)39-23-10-12-25-42(39)53(43)30-13-3-14-31-53)45-34-40-38-22-9-11-24-41(38)54(32-15-4-16-33-54)44(40)35-49(45)57(47)37-20-7-2-8-21-37/h1-2,5-12,17-29,34-35H,3-4,13-16,30-33H2. The van der Waals surface area contributed by atoms with Gasteiger partial charge in [-0.2, -0.15) is 0 Å². The summed E-state index contributed by atoms with van der Waals surface area (Å²) in [5.74, 6) is 0. The lowest BCUT2D eigenvalue weighted by Crippen LogP contribution is -2.62. The van der Waals surface area contributed by atoms with Crippen LogP contribution in [0.5, 0.6) is 0 Å². The Morgan fingerprint density at radius 1 is 0.368 bits per heavy atom. The third-order valence-electron chi connectivity index (χ3n) is 15.2. The molecule has 3 heteroatoms. The monoisotopic (exact) mass is 732 g/mol. The lowest BCUT2D eigenvalue weighted by atomic mass is 9.32. The molecule has 2 spiro atoms. The molecule has 0 atom stereocenters. The first kappa shape index (κ1) is 32.3. The van der Waals surface area contributed by atoms with Crippen molar-refractivity contribution in [2.45, 2.75) is 75.0 Å². The van der Waals surface area contributed by atoms with Gasteiger partial charge in [0, 0.05) is 45.0 Å². The summed E-state index contributed by atoms with van der Waals surface area (Å²) in [5.41, 5.74) is 24.3. The average molecular weight is 733 g/mol. The van der Waals surface area contributed by atoms with Crippen LogP contribution in [-0.4, -0.2) is 6.71 Å². The molecule has 2 nitrogen and oxygen atoms in total. The van der Waals surface area contributed by atoms with Gasteiger partial charge in [0.05, 0.1) is 0 Å². The van der Waals surface area contributed by atoms with Crippen LogP contribution in [-0.2, 0) is 10.8 Å². The van der Waals surface area contributed by atoms with Crippen molar-refractivity contribution in [2.24, 2.45) is 0 Å². The molecule has 6 aliphatic rings. The number of hydrogen-bond donors (Lipinski definition) is 0. The van der Waals surface area contributed by atoms with Crippen LogP contribution in [0.2, 0.25) is 0 Å². The van der Waals surface area contributed by atoms with Gasteiger partial charge in [0.25, 0.3) is 6.71 Å². The van der Waals surface area contributed by atoms with Crippen LogP contribution in [0.1, 0.15) is 86.5 Å². The molecule has 274 valence electrons. The predicted octanol–water partition coefficient (Wildman–Crippen LogP) is 12.2. The van der Waals surface area contributed by atoms with Crippen molar-refractivity contribution in [2.75, 3.05) is 9.80 Å². The molecule has 0 N–H and O–H groups in total. The van der Waals surface area contributed by atoms with Crippen LogP contribution >= 0.6 is 0 Å². The lowest BCUT2D eigenvalue weighted by molar-refractivity contribution is 0.353. The van der Waals surface area contributed by atoms with Crippen molar-refractivity contribution in [3.63, 3.8) is 0 Å². The van der Waals surface area contributed by atoms with E-state index in [0.717, 1.165) is 0 Å². The molecule has 2 aliphatic heterocycles. The number of fused-ring (bicyclic) bond motifs is 15. The second kappa shape index (κ2) is 11.9. The van der Waals surface area contributed by atoms with Crippen LogP contribution in [0.3, 0.4) is 0 Å². The van der Waals surface area contributed by atoms with Gasteiger partial charge in [0.2, 0.25) is 0 Å². The Balaban J connectivity index is 1.17. The first-order valence-corrected chi connectivity index (χ1v) is 21.7. The maximum absolute atomic E-state index is 2.69. The Morgan fingerprint density at radius 3 is 1.54 bits per heavy atom. The minimum Gasteiger partial charge on any atom is -0.311 e. The van der Waals surface area contributed by atoms with Gasteiger partial charge in [0.15, 0.2) is 0 Å². The van der Waals surface area contributed by atoms with Gasteiger partial charge in [-0.25, -0.2) is 0 Å². The van der Waals surface area contributed by atoms with E-state index in [1.807, 2.05) is 0 Å². The zero-order valence-corrected chi connectivity index (χ0v) is 32.5. The summed E-state index contributed by atoms with van der Waals surface area (Å²) < 4.78 is 0. The molecule has 0 saturated heterocycles. The third-order valence-corrected chi connectivity index (χ3v) is 15.2. The van der Waals surface area contributed by atoms with E-state index in [1.54, 1.807) is 22.3 Å². The third kappa shape index (κ3) is 4.17. The summed E-state index contributed by atoms with van der Waals surface area (Å²) in [5, 5.41) is 0. The summed E-state index contributed by atoms with van der Waals surface area (Å²) in [6.07, 6.45) is 12.8. The van der Waals surface area contributed by atoms with Crippen molar-refractivity contribution < 1.29 is 0 Å². The number of benzene rings is 7. The zero-order chi connectivity index (χ0) is 37.3.